The van der Waals surface area contributed by atoms with Crippen molar-refractivity contribution in [1.29, 1.82) is 0 Å². The minimum Gasteiger partial charge on any atom is -0.384 e. The van der Waals surface area contributed by atoms with E-state index in [1.165, 1.54) is 6.07 Å². The van der Waals surface area contributed by atoms with Gasteiger partial charge in [0.05, 0.1) is 11.0 Å². The number of aromatic nitrogens is 3. The third-order valence-electron chi connectivity index (χ3n) is 2.86. The van der Waals surface area contributed by atoms with Crippen LogP contribution in [0.1, 0.15) is 16.1 Å². The fourth-order valence-electron chi connectivity index (χ4n) is 2.02. The number of aryl methyl sites for hydroxylation is 1. The summed E-state index contributed by atoms with van der Waals surface area (Å²) in [6, 6.07) is 10.8. The van der Waals surface area contributed by atoms with Crippen molar-refractivity contribution < 1.29 is 4.79 Å². The first-order valence-electron chi connectivity index (χ1n) is 6.12. The zero-order chi connectivity index (χ0) is 14.1. The Bertz CT molecular complexity index is 740. The van der Waals surface area contributed by atoms with E-state index in [4.69, 9.17) is 5.73 Å². The molecule has 2 heterocycles. The smallest absolute Gasteiger partial charge is 0.258 e. The van der Waals surface area contributed by atoms with Crippen LogP contribution in [-0.4, -0.2) is 20.9 Å². The minimum absolute atomic E-state index is 0.277. The van der Waals surface area contributed by atoms with Gasteiger partial charge in [0.1, 0.15) is 5.82 Å². The van der Waals surface area contributed by atoms with Gasteiger partial charge in [-0.2, -0.15) is 0 Å². The van der Waals surface area contributed by atoms with E-state index in [9.17, 15) is 4.79 Å². The van der Waals surface area contributed by atoms with E-state index in [1.54, 1.807) is 13.0 Å². The quantitative estimate of drug-likeness (QED) is 0.662. The van der Waals surface area contributed by atoms with Crippen molar-refractivity contribution in [2.24, 2.45) is 0 Å². The minimum atomic E-state index is -0.277. The highest BCUT2D eigenvalue weighted by Crippen LogP contribution is 2.15. The molecule has 0 unspecified atom stereocenters. The zero-order valence-corrected chi connectivity index (χ0v) is 10.8. The lowest BCUT2D eigenvalue weighted by molar-refractivity contribution is 0.102. The summed E-state index contributed by atoms with van der Waals surface area (Å²) in [6.45, 7) is 1.79. The lowest BCUT2D eigenvalue weighted by Crippen LogP contribution is -2.14. The molecule has 6 heteroatoms. The third-order valence-corrected chi connectivity index (χ3v) is 2.86. The number of fused-ring (bicyclic) bond motifs is 1. The summed E-state index contributed by atoms with van der Waals surface area (Å²) in [5.74, 6) is 0.449. The average Bonchev–Trinajstić information content (AvgIpc) is 2.79. The molecule has 6 nitrogen and oxygen atoms in total. The average molecular weight is 267 g/mol. The number of nitrogens with zero attached hydrogens (tertiary/aromatic N) is 2. The van der Waals surface area contributed by atoms with Crippen LogP contribution in [0.4, 0.5) is 11.8 Å². The second-order valence-corrected chi connectivity index (χ2v) is 4.48. The van der Waals surface area contributed by atoms with Gasteiger partial charge in [0, 0.05) is 11.3 Å². The summed E-state index contributed by atoms with van der Waals surface area (Å²) in [5.41, 5.74) is 8.45. The number of nitrogen functional groups attached to an aromatic ring is 1. The summed E-state index contributed by atoms with van der Waals surface area (Å²) in [4.78, 5) is 23.5. The number of hydrogen-bond acceptors (Lipinski definition) is 4. The first kappa shape index (κ1) is 12.2. The largest absolute Gasteiger partial charge is 0.384 e. The number of carbonyl (C=O) groups excluding carboxylic acids is 1. The van der Waals surface area contributed by atoms with Crippen molar-refractivity contribution in [3.8, 4) is 0 Å². The first-order chi connectivity index (χ1) is 9.61. The van der Waals surface area contributed by atoms with Crippen molar-refractivity contribution in [2.75, 3.05) is 11.1 Å². The van der Waals surface area contributed by atoms with Gasteiger partial charge in [0.2, 0.25) is 5.95 Å². The van der Waals surface area contributed by atoms with Gasteiger partial charge in [-0.1, -0.05) is 12.1 Å². The van der Waals surface area contributed by atoms with E-state index < -0.39 is 0 Å². The van der Waals surface area contributed by atoms with Crippen LogP contribution in [0.3, 0.4) is 0 Å². The Morgan fingerprint density at radius 2 is 2.05 bits per heavy atom. The van der Waals surface area contributed by atoms with Crippen molar-refractivity contribution in [3.05, 3.63) is 47.7 Å². The number of benzene rings is 1. The summed E-state index contributed by atoms with van der Waals surface area (Å²) < 4.78 is 0. The van der Waals surface area contributed by atoms with Crippen LogP contribution < -0.4 is 11.1 Å². The predicted molar refractivity (Wildman–Crippen MR) is 77.4 cm³/mol. The van der Waals surface area contributed by atoms with Gasteiger partial charge in [-0.3, -0.25) is 10.1 Å². The Morgan fingerprint density at radius 1 is 1.25 bits per heavy atom. The molecule has 0 atom stereocenters. The Hall–Kier alpha value is -2.89. The molecule has 0 saturated carbocycles. The van der Waals surface area contributed by atoms with Crippen LogP contribution in [0.5, 0.6) is 0 Å². The Balaban J connectivity index is 1.88. The van der Waals surface area contributed by atoms with Crippen LogP contribution in [0.25, 0.3) is 11.0 Å². The molecule has 1 amide bonds. The Labute approximate surface area is 115 Å². The number of rotatable bonds is 2. The van der Waals surface area contributed by atoms with Crippen molar-refractivity contribution in [2.45, 2.75) is 6.92 Å². The molecule has 2 aromatic heterocycles. The molecule has 3 rings (SSSR count). The molecular weight excluding hydrogens is 254 g/mol. The van der Waals surface area contributed by atoms with Crippen LogP contribution in [0.2, 0.25) is 0 Å². The topological polar surface area (TPSA) is 96.7 Å². The molecular formula is C14H13N5O. The molecule has 0 aliphatic rings. The molecule has 0 saturated heterocycles. The SMILES string of the molecule is Cc1cc(C(=O)Nc2nc3ccccc3[nH]2)cc(N)n1. The fraction of sp³-hybridized carbons (Fsp3) is 0.0714. The standard InChI is InChI=1S/C14H13N5O/c1-8-6-9(7-12(15)16-8)13(20)19-14-17-10-4-2-3-5-11(10)18-14/h2-7H,1H3,(H2,15,16)(H2,17,18,19,20). The van der Waals surface area contributed by atoms with Gasteiger partial charge >= 0.3 is 0 Å². The van der Waals surface area contributed by atoms with Crippen molar-refractivity contribution in [1.82, 2.24) is 15.0 Å². The Kier molecular flexibility index (Phi) is 2.83. The number of H-pyrrole nitrogens is 1. The lowest BCUT2D eigenvalue weighted by atomic mass is 10.2. The van der Waals surface area contributed by atoms with E-state index in [0.29, 0.717) is 23.0 Å². The molecule has 4 N–H and O–H groups in total. The molecule has 0 fully saturated rings. The van der Waals surface area contributed by atoms with Crippen molar-refractivity contribution in [3.63, 3.8) is 0 Å². The second kappa shape index (κ2) is 4.65. The number of para-hydroxylation sites is 2. The summed E-state index contributed by atoms with van der Waals surface area (Å²) >= 11 is 0. The highest BCUT2D eigenvalue weighted by Gasteiger charge is 2.10. The van der Waals surface area contributed by atoms with E-state index in [1.807, 2.05) is 24.3 Å². The number of pyridine rings is 1. The van der Waals surface area contributed by atoms with Crippen LogP contribution in [0, 0.1) is 6.92 Å². The monoisotopic (exact) mass is 267 g/mol. The van der Waals surface area contributed by atoms with E-state index >= 15 is 0 Å². The highest BCUT2D eigenvalue weighted by molar-refractivity contribution is 6.04. The maximum atomic E-state index is 12.1. The Morgan fingerprint density at radius 3 is 2.80 bits per heavy atom. The van der Waals surface area contributed by atoms with Gasteiger partial charge in [-0.25, -0.2) is 9.97 Å². The third kappa shape index (κ3) is 2.31. The van der Waals surface area contributed by atoms with E-state index in [2.05, 4.69) is 20.3 Å². The molecule has 3 aromatic rings. The maximum absolute atomic E-state index is 12.1. The molecule has 0 aliphatic heterocycles. The summed E-state index contributed by atoms with van der Waals surface area (Å²) in [6.07, 6.45) is 0. The zero-order valence-electron chi connectivity index (χ0n) is 10.8. The predicted octanol–water partition coefficient (Wildman–Crippen LogP) is 2.10. The van der Waals surface area contributed by atoms with Crippen molar-refractivity contribution >= 4 is 28.7 Å². The van der Waals surface area contributed by atoms with Gasteiger partial charge in [0.15, 0.2) is 0 Å². The molecule has 0 aliphatic carbocycles. The maximum Gasteiger partial charge on any atom is 0.258 e. The normalized spacial score (nSPS) is 10.7. The second-order valence-electron chi connectivity index (χ2n) is 4.48. The van der Waals surface area contributed by atoms with Gasteiger partial charge in [0.25, 0.3) is 5.91 Å². The summed E-state index contributed by atoms with van der Waals surface area (Å²) in [7, 11) is 0. The van der Waals surface area contributed by atoms with Crippen LogP contribution >= 0.6 is 0 Å². The number of nitrogens with two attached hydrogens (primary N) is 1. The van der Waals surface area contributed by atoms with Crippen LogP contribution in [0.15, 0.2) is 36.4 Å². The molecule has 20 heavy (non-hydrogen) atoms. The number of imidazole rings is 1. The number of nitrogens with one attached hydrogen (secondary N) is 2. The number of amides is 1. The lowest BCUT2D eigenvalue weighted by Gasteiger charge is -2.04. The number of anilines is 2. The number of hydrogen-bond donors (Lipinski definition) is 3. The summed E-state index contributed by atoms with van der Waals surface area (Å²) in [5, 5.41) is 2.71. The van der Waals surface area contributed by atoms with Crippen LogP contribution in [-0.2, 0) is 0 Å². The number of carbonyl (C=O) groups is 1. The number of aromatic amines is 1. The fourth-order valence-corrected chi connectivity index (χ4v) is 2.02. The highest BCUT2D eigenvalue weighted by atomic mass is 16.1. The molecule has 0 spiro atoms. The molecule has 1 aromatic carbocycles. The molecule has 0 bridgehead atoms. The van der Waals surface area contributed by atoms with Gasteiger partial charge in [-0.05, 0) is 31.2 Å². The van der Waals surface area contributed by atoms with E-state index in [-0.39, 0.29) is 5.91 Å². The molecule has 100 valence electrons. The van der Waals surface area contributed by atoms with Gasteiger partial charge < -0.3 is 10.7 Å². The van der Waals surface area contributed by atoms with E-state index in [0.717, 1.165) is 11.0 Å². The van der Waals surface area contributed by atoms with Gasteiger partial charge in [-0.15, -0.1) is 0 Å². The first-order valence-corrected chi connectivity index (χ1v) is 6.12. The molecule has 0 radical (unpaired) electrons.